The number of ether oxygens (including phenoxy) is 1. The fraction of sp³-hybridized carbons (Fsp3) is 0.278. The maximum Gasteiger partial charge on any atom is 0.255 e. The van der Waals surface area contributed by atoms with Gasteiger partial charge in [-0.3, -0.25) is 4.79 Å². The van der Waals surface area contributed by atoms with E-state index in [1.165, 1.54) is 16.4 Å². The van der Waals surface area contributed by atoms with Crippen molar-refractivity contribution in [3.63, 3.8) is 0 Å². The summed E-state index contributed by atoms with van der Waals surface area (Å²) in [7, 11) is -1.93. The van der Waals surface area contributed by atoms with E-state index in [4.69, 9.17) is 4.74 Å². The number of nitrogens with one attached hydrogen (secondary N) is 2. The molecule has 1 heterocycles. The number of rotatable bonds is 5. The smallest absolute Gasteiger partial charge is 0.255 e. The molecule has 1 aliphatic rings. The van der Waals surface area contributed by atoms with Gasteiger partial charge >= 0.3 is 0 Å². The Labute approximate surface area is 172 Å². The first kappa shape index (κ1) is 20.1. The van der Waals surface area contributed by atoms with Crippen molar-refractivity contribution in [2.75, 3.05) is 38.6 Å². The topological polar surface area (TPSA) is 87.7 Å². The molecule has 1 aliphatic heterocycles. The summed E-state index contributed by atoms with van der Waals surface area (Å²) in [4.78, 5) is 12.6. The lowest BCUT2D eigenvalue weighted by Crippen LogP contribution is -2.46. The SMILES string of the molecule is COc1ccc(C(=O)Nc2ccc(S(=O)(=O)N3CCNCC3)cc2)cc1I. The lowest BCUT2D eigenvalue weighted by molar-refractivity contribution is 0.102. The van der Waals surface area contributed by atoms with Crippen LogP contribution in [0.15, 0.2) is 47.4 Å². The molecule has 0 radical (unpaired) electrons. The number of carbonyl (C=O) groups excluding carboxylic acids is 1. The van der Waals surface area contributed by atoms with E-state index in [0.717, 1.165) is 3.57 Å². The molecule has 2 aromatic carbocycles. The molecule has 0 saturated carbocycles. The molecular weight excluding hydrogens is 481 g/mol. The lowest BCUT2D eigenvalue weighted by Gasteiger charge is -2.26. The first-order valence-corrected chi connectivity index (χ1v) is 10.9. The number of nitrogens with zero attached hydrogens (tertiary/aromatic N) is 1. The summed E-state index contributed by atoms with van der Waals surface area (Å²) in [6.07, 6.45) is 0. The van der Waals surface area contributed by atoms with E-state index in [9.17, 15) is 13.2 Å². The van der Waals surface area contributed by atoms with Crippen LogP contribution in [0.25, 0.3) is 0 Å². The highest BCUT2D eigenvalue weighted by molar-refractivity contribution is 14.1. The zero-order valence-electron chi connectivity index (χ0n) is 14.7. The fourth-order valence-electron chi connectivity index (χ4n) is 2.75. The maximum atomic E-state index is 12.6. The number of hydrogen-bond acceptors (Lipinski definition) is 5. The highest BCUT2D eigenvalue weighted by Gasteiger charge is 2.25. The second kappa shape index (κ2) is 8.55. The van der Waals surface area contributed by atoms with Crippen LogP contribution < -0.4 is 15.4 Å². The Morgan fingerprint density at radius 3 is 2.41 bits per heavy atom. The molecule has 144 valence electrons. The lowest BCUT2D eigenvalue weighted by atomic mass is 10.2. The fourth-order valence-corrected chi connectivity index (χ4v) is 4.93. The van der Waals surface area contributed by atoms with Gasteiger partial charge in [-0.25, -0.2) is 8.42 Å². The number of halogens is 1. The number of amides is 1. The van der Waals surface area contributed by atoms with Gasteiger partial charge in [0.25, 0.3) is 5.91 Å². The van der Waals surface area contributed by atoms with Crippen LogP contribution in [0.1, 0.15) is 10.4 Å². The van der Waals surface area contributed by atoms with Crippen LogP contribution in [0.3, 0.4) is 0 Å². The van der Waals surface area contributed by atoms with Crippen LogP contribution in [-0.2, 0) is 10.0 Å². The van der Waals surface area contributed by atoms with Crippen LogP contribution in [-0.4, -0.2) is 51.9 Å². The Kier molecular flexibility index (Phi) is 6.35. The van der Waals surface area contributed by atoms with E-state index >= 15 is 0 Å². The Balaban J connectivity index is 1.72. The molecule has 2 aromatic rings. The van der Waals surface area contributed by atoms with Crippen molar-refractivity contribution in [2.24, 2.45) is 0 Å². The third-order valence-corrected chi connectivity index (χ3v) is 7.00. The highest BCUT2D eigenvalue weighted by atomic mass is 127. The quantitative estimate of drug-likeness (QED) is 0.614. The predicted molar refractivity (Wildman–Crippen MR) is 112 cm³/mol. The van der Waals surface area contributed by atoms with Gasteiger partial charge in [-0.15, -0.1) is 0 Å². The molecular formula is C18H20IN3O4S. The van der Waals surface area contributed by atoms with Crippen molar-refractivity contribution < 1.29 is 17.9 Å². The van der Waals surface area contributed by atoms with Crippen molar-refractivity contribution in [1.29, 1.82) is 0 Å². The summed E-state index contributed by atoms with van der Waals surface area (Å²) in [5, 5.41) is 5.91. The van der Waals surface area contributed by atoms with Gasteiger partial charge in [0.05, 0.1) is 15.6 Å². The molecule has 1 saturated heterocycles. The Hall–Kier alpha value is -1.69. The third kappa shape index (κ3) is 4.60. The normalized spacial score (nSPS) is 15.3. The van der Waals surface area contributed by atoms with Gasteiger partial charge in [0.1, 0.15) is 5.75 Å². The van der Waals surface area contributed by atoms with E-state index in [1.54, 1.807) is 37.4 Å². The molecule has 0 unspecified atom stereocenters. The minimum absolute atomic E-state index is 0.224. The van der Waals surface area contributed by atoms with E-state index in [-0.39, 0.29) is 10.8 Å². The van der Waals surface area contributed by atoms with Gasteiger partial charge in [-0.1, -0.05) is 0 Å². The maximum absolute atomic E-state index is 12.6. The van der Waals surface area contributed by atoms with Crippen LogP contribution in [0.4, 0.5) is 5.69 Å². The molecule has 0 aliphatic carbocycles. The number of anilines is 1. The van der Waals surface area contributed by atoms with Gasteiger partial charge in [-0.2, -0.15) is 4.31 Å². The molecule has 0 bridgehead atoms. The van der Waals surface area contributed by atoms with Crippen LogP contribution in [0, 0.1) is 3.57 Å². The molecule has 0 aromatic heterocycles. The number of carbonyl (C=O) groups is 1. The number of hydrogen-bond donors (Lipinski definition) is 2. The zero-order chi connectivity index (χ0) is 19.4. The van der Waals surface area contributed by atoms with Gasteiger partial charge in [0, 0.05) is 37.4 Å². The Morgan fingerprint density at radius 2 is 1.81 bits per heavy atom. The van der Waals surface area contributed by atoms with Gasteiger partial charge in [0.15, 0.2) is 0 Å². The van der Waals surface area contributed by atoms with Crippen LogP contribution in [0.2, 0.25) is 0 Å². The van der Waals surface area contributed by atoms with Crippen molar-refractivity contribution in [3.8, 4) is 5.75 Å². The minimum Gasteiger partial charge on any atom is -0.496 e. The average molecular weight is 501 g/mol. The van der Waals surface area contributed by atoms with E-state index in [0.29, 0.717) is 43.2 Å². The van der Waals surface area contributed by atoms with Crippen molar-refractivity contribution in [1.82, 2.24) is 9.62 Å². The van der Waals surface area contributed by atoms with Crippen LogP contribution in [0.5, 0.6) is 5.75 Å². The van der Waals surface area contributed by atoms with Crippen LogP contribution >= 0.6 is 22.6 Å². The minimum atomic E-state index is -3.51. The Morgan fingerprint density at radius 1 is 1.15 bits per heavy atom. The summed E-state index contributed by atoms with van der Waals surface area (Å²) < 4.78 is 32.8. The summed E-state index contributed by atoms with van der Waals surface area (Å²) in [6.45, 7) is 2.20. The van der Waals surface area contributed by atoms with Gasteiger partial charge < -0.3 is 15.4 Å². The van der Waals surface area contributed by atoms with Gasteiger partial charge in [-0.05, 0) is 65.1 Å². The molecule has 27 heavy (non-hydrogen) atoms. The molecule has 0 spiro atoms. The van der Waals surface area contributed by atoms with E-state index in [1.807, 2.05) is 0 Å². The molecule has 3 rings (SSSR count). The number of piperazine rings is 1. The molecule has 2 N–H and O–H groups in total. The van der Waals surface area contributed by atoms with E-state index < -0.39 is 10.0 Å². The summed E-state index contributed by atoms with van der Waals surface area (Å²) >= 11 is 2.10. The number of methoxy groups -OCH3 is 1. The van der Waals surface area contributed by atoms with Crippen molar-refractivity contribution >= 4 is 44.2 Å². The second-order valence-electron chi connectivity index (χ2n) is 5.98. The summed E-state index contributed by atoms with van der Waals surface area (Å²) in [6, 6.07) is 11.4. The van der Waals surface area contributed by atoms with Gasteiger partial charge in [0.2, 0.25) is 10.0 Å². The van der Waals surface area contributed by atoms with Crippen molar-refractivity contribution in [2.45, 2.75) is 4.90 Å². The molecule has 1 amide bonds. The Bertz CT molecular complexity index is 926. The first-order valence-electron chi connectivity index (χ1n) is 8.37. The van der Waals surface area contributed by atoms with E-state index in [2.05, 4.69) is 33.2 Å². The largest absolute Gasteiger partial charge is 0.496 e. The first-order chi connectivity index (χ1) is 12.9. The summed E-state index contributed by atoms with van der Waals surface area (Å²) in [5.74, 6) is 0.433. The highest BCUT2D eigenvalue weighted by Crippen LogP contribution is 2.23. The standard InChI is InChI=1S/C18H20IN3O4S/c1-26-17-7-2-13(12-16(17)19)18(23)21-14-3-5-15(6-4-14)27(24,25)22-10-8-20-9-11-22/h2-7,12,20H,8-11H2,1H3,(H,21,23). The summed E-state index contributed by atoms with van der Waals surface area (Å²) in [5.41, 5.74) is 1.03. The number of sulfonamides is 1. The van der Waals surface area contributed by atoms with Crippen molar-refractivity contribution in [3.05, 3.63) is 51.6 Å². The monoisotopic (exact) mass is 501 g/mol. The predicted octanol–water partition coefficient (Wildman–Crippen LogP) is 2.15. The second-order valence-corrected chi connectivity index (χ2v) is 9.08. The molecule has 1 fully saturated rings. The molecule has 0 atom stereocenters. The zero-order valence-corrected chi connectivity index (χ0v) is 17.7. The average Bonchev–Trinajstić information content (AvgIpc) is 2.69. The molecule has 7 nitrogen and oxygen atoms in total. The third-order valence-electron chi connectivity index (χ3n) is 4.24. The molecule has 9 heteroatoms. The number of benzene rings is 2.